The van der Waals surface area contributed by atoms with E-state index in [9.17, 15) is 0 Å². The zero-order chi connectivity index (χ0) is 20.5. The molecule has 0 spiro atoms. The SMILES string of the molecule is C=C/C=C/CC/C(C)=C/C=C(\C=C)N(/C(C=C)=C/C=C)/C(=C/CC)CCC. The van der Waals surface area contributed by atoms with Crippen LogP contribution in [0.3, 0.4) is 0 Å². The van der Waals surface area contributed by atoms with Crippen molar-refractivity contribution in [3.63, 3.8) is 0 Å². The molecule has 0 aliphatic carbocycles. The van der Waals surface area contributed by atoms with Crippen LogP contribution in [0.25, 0.3) is 0 Å². The molecular weight excluding hydrogens is 326 g/mol. The van der Waals surface area contributed by atoms with Crippen LogP contribution in [0.5, 0.6) is 0 Å². The minimum atomic E-state index is 0.985. The zero-order valence-electron chi connectivity index (χ0n) is 17.6. The molecule has 1 nitrogen and oxygen atoms in total. The Bertz CT molecular complexity index is 635. The van der Waals surface area contributed by atoms with Crippen LogP contribution < -0.4 is 0 Å². The van der Waals surface area contributed by atoms with E-state index in [1.165, 1.54) is 11.3 Å². The van der Waals surface area contributed by atoms with Crippen molar-refractivity contribution in [2.75, 3.05) is 0 Å². The molecule has 0 unspecified atom stereocenters. The fraction of sp³-hybridized carbons (Fsp3) is 0.308. The molecule has 0 fully saturated rings. The Morgan fingerprint density at radius 2 is 1.52 bits per heavy atom. The number of nitrogens with zero attached hydrogens (tertiary/aromatic N) is 1. The van der Waals surface area contributed by atoms with Crippen molar-refractivity contribution >= 4 is 0 Å². The Labute approximate surface area is 167 Å². The highest BCUT2D eigenvalue weighted by Crippen LogP contribution is 2.26. The Hall–Kier alpha value is -2.54. The van der Waals surface area contributed by atoms with Gasteiger partial charge < -0.3 is 4.90 Å². The fourth-order valence-corrected chi connectivity index (χ4v) is 2.68. The third kappa shape index (κ3) is 9.65. The summed E-state index contributed by atoms with van der Waals surface area (Å²) in [6, 6.07) is 0. The molecule has 27 heavy (non-hydrogen) atoms. The van der Waals surface area contributed by atoms with Gasteiger partial charge in [-0.05, 0) is 56.9 Å². The molecule has 0 aromatic heterocycles. The lowest BCUT2D eigenvalue weighted by atomic mass is 10.1. The third-order valence-corrected chi connectivity index (χ3v) is 3.97. The lowest BCUT2D eigenvalue weighted by Gasteiger charge is -2.29. The molecular formula is C26H37N. The van der Waals surface area contributed by atoms with Crippen molar-refractivity contribution < 1.29 is 0 Å². The maximum Gasteiger partial charge on any atom is 0.0452 e. The second kappa shape index (κ2) is 15.7. The number of allylic oxidation sites excluding steroid dienone is 12. The van der Waals surface area contributed by atoms with Gasteiger partial charge in [0.1, 0.15) is 0 Å². The summed E-state index contributed by atoms with van der Waals surface area (Å²) in [4.78, 5) is 2.23. The summed E-state index contributed by atoms with van der Waals surface area (Å²) in [6.07, 6.45) is 25.2. The average molecular weight is 364 g/mol. The van der Waals surface area contributed by atoms with E-state index in [0.717, 1.165) is 43.5 Å². The van der Waals surface area contributed by atoms with Crippen LogP contribution in [0.1, 0.15) is 52.9 Å². The first-order valence-corrected chi connectivity index (χ1v) is 9.81. The van der Waals surface area contributed by atoms with E-state index in [0.29, 0.717) is 0 Å². The summed E-state index contributed by atoms with van der Waals surface area (Å²) in [7, 11) is 0. The fourth-order valence-electron chi connectivity index (χ4n) is 2.68. The normalized spacial score (nSPS) is 13.6. The van der Waals surface area contributed by atoms with Gasteiger partial charge in [0.2, 0.25) is 0 Å². The topological polar surface area (TPSA) is 3.24 Å². The van der Waals surface area contributed by atoms with Crippen LogP contribution >= 0.6 is 0 Å². The average Bonchev–Trinajstić information content (AvgIpc) is 2.67. The molecule has 146 valence electrons. The first kappa shape index (κ1) is 24.5. The van der Waals surface area contributed by atoms with Gasteiger partial charge in [-0.15, -0.1) is 0 Å². The predicted molar refractivity (Wildman–Crippen MR) is 124 cm³/mol. The van der Waals surface area contributed by atoms with Gasteiger partial charge in [-0.3, -0.25) is 0 Å². The number of hydrogen-bond donors (Lipinski definition) is 0. The lowest BCUT2D eigenvalue weighted by Crippen LogP contribution is -2.20. The predicted octanol–water partition coefficient (Wildman–Crippen LogP) is 8.18. The highest BCUT2D eigenvalue weighted by molar-refractivity contribution is 5.37. The van der Waals surface area contributed by atoms with Crippen LogP contribution in [0.4, 0.5) is 0 Å². The third-order valence-electron chi connectivity index (χ3n) is 3.97. The standard InChI is InChI=1S/C26H37N/c1-8-14-15-16-20-23(7)21-22-25(13-6)27(24(12-5)17-9-2)26(18-10-3)19-11-4/h8-9,12-15,17-18,21-22H,1-2,5-6,10-11,16,19-20H2,3-4,7H3/b15-14+,23-21+,24-17+,25-22+,26-18+. The van der Waals surface area contributed by atoms with Crippen LogP contribution in [-0.2, 0) is 0 Å². The Kier molecular flexibility index (Phi) is 14.2. The van der Waals surface area contributed by atoms with Gasteiger partial charge in [0.05, 0.1) is 0 Å². The highest BCUT2D eigenvalue weighted by Gasteiger charge is 2.14. The van der Waals surface area contributed by atoms with Crippen LogP contribution in [-0.4, -0.2) is 4.90 Å². The van der Waals surface area contributed by atoms with E-state index in [-0.39, 0.29) is 0 Å². The Balaban J connectivity index is 5.90. The van der Waals surface area contributed by atoms with Gasteiger partial charge in [-0.1, -0.05) is 88.6 Å². The van der Waals surface area contributed by atoms with E-state index in [1.54, 1.807) is 6.08 Å². The smallest absolute Gasteiger partial charge is 0.0452 e. The summed E-state index contributed by atoms with van der Waals surface area (Å²) in [5.74, 6) is 0. The van der Waals surface area contributed by atoms with Crippen LogP contribution in [0.15, 0.2) is 110 Å². The second-order valence-electron chi connectivity index (χ2n) is 6.23. The highest BCUT2D eigenvalue weighted by atomic mass is 15.2. The summed E-state index contributed by atoms with van der Waals surface area (Å²) in [6.45, 7) is 22.1. The molecule has 0 saturated carbocycles. The maximum atomic E-state index is 4.05. The molecule has 0 bridgehead atoms. The van der Waals surface area contributed by atoms with Crippen LogP contribution in [0.2, 0.25) is 0 Å². The van der Waals surface area contributed by atoms with Gasteiger partial charge in [0.15, 0.2) is 0 Å². The first-order valence-electron chi connectivity index (χ1n) is 9.81. The summed E-state index contributed by atoms with van der Waals surface area (Å²) < 4.78 is 0. The minimum Gasteiger partial charge on any atom is -0.315 e. The van der Waals surface area contributed by atoms with Crippen molar-refractivity contribution in [3.8, 4) is 0 Å². The molecule has 0 heterocycles. The molecule has 0 rings (SSSR count). The van der Waals surface area contributed by atoms with Gasteiger partial charge in [-0.25, -0.2) is 0 Å². The van der Waals surface area contributed by atoms with Crippen molar-refractivity contribution in [1.82, 2.24) is 4.90 Å². The summed E-state index contributed by atoms with van der Waals surface area (Å²) >= 11 is 0. The van der Waals surface area contributed by atoms with Gasteiger partial charge >= 0.3 is 0 Å². The summed E-state index contributed by atoms with van der Waals surface area (Å²) in [5.41, 5.74) is 4.63. The van der Waals surface area contributed by atoms with E-state index >= 15 is 0 Å². The molecule has 0 radical (unpaired) electrons. The van der Waals surface area contributed by atoms with Crippen molar-refractivity contribution in [2.45, 2.75) is 52.9 Å². The van der Waals surface area contributed by atoms with Crippen molar-refractivity contribution in [1.29, 1.82) is 0 Å². The lowest BCUT2D eigenvalue weighted by molar-refractivity contribution is 0.524. The molecule has 1 heteroatoms. The largest absolute Gasteiger partial charge is 0.315 e. The monoisotopic (exact) mass is 363 g/mol. The quantitative estimate of drug-likeness (QED) is 0.281. The minimum absolute atomic E-state index is 0.985. The van der Waals surface area contributed by atoms with Gasteiger partial charge in [0.25, 0.3) is 0 Å². The molecule has 0 atom stereocenters. The van der Waals surface area contributed by atoms with Crippen molar-refractivity contribution in [2.24, 2.45) is 0 Å². The zero-order valence-corrected chi connectivity index (χ0v) is 17.6. The molecule has 0 aromatic rings. The van der Waals surface area contributed by atoms with Gasteiger partial charge in [-0.2, -0.15) is 0 Å². The Morgan fingerprint density at radius 1 is 0.852 bits per heavy atom. The second-order valence-corrected chi connectivity index (χ2v) is 6.23. The van der Waals surface area contributed by atoms with Crippen molar-refractivity contribution in [3.05, 3.63) is 110 Å². The first-order chi connectivity index (χ1) is 13.1. The maximum absolute atomic E-state index is 4.05. The molecule has 0 N–H and O–H groups in total. The Morgan fingerprint density at radius 3 is 2.04 bits per heavy atom. The number of hydrogen-bond acceptors (Lipinski definition) is 1. The molecule has 0 aliphatic rings. The molecule has 0 amide bonds. The van der Waals surface area contributed by atoms with Gasteiger partial charge in [0, 0.05) is 17.1 Å². The number of rotatable bonds is 14. The molecule has 0 aliphatic heterocycles. The summed E-state index contributed by atoms with van der Waals surface area (Å²) in [5, 5.41) is 0. The molecule has 0 aromatic carbocycles. The van der Waals surface area contributed by atoms with E-state index in [4.69, 9.17) is 0 Å². The molecule has 0 saturated heterocycles. The van der Waals surface area contributed by atoms with E-state index < -0.39 is 0 Å². The van der Waals surface area contributed by atoms with E-state index in [1.807, 2.05) is 30.4 Å². The van der Waals surface area contributed by atoms with E-state index in [2.05, 4.69) is 76.3 Å². The van der Waals surface area contributed by atoms with Crippen LogP contribution in [0, 0.1) is 0 Å².